The van der Waals surface area contributed by atoms with Crippen LogP contribution in [0, 0.1) is 28.9 Å². The van der Waals surface area contributed by atoms with Crippen molar-refractivity contribution < 1.29 is 27.0 Å². The van der Waals surface area contributed by atoms with Crippen LogP contribution < -0.4 is 25.8 Å². The second-order valence-electron chi connectivity index (χ2n) is 12.0. The van der Waals surface area contributed by atoms with E-state index in [-0.39, 0.29) is 97.2 Å². The van der Waals surface area contributed by atoms with Crippen LogP contribution in [0.2, 0.25) is 5.02 Å². The average molecular weight is 713 g/mol. The van der Waals surface area contributed by atoms with Gasteiger partial charge in [-0.1, -0.05) is 23.7 Å². The Kier molecular flexibility index (Phi) is 8.50. The first kappa shape index (κ1) is 32.9. The molecule has 0 spiro atoms. The van der Waals surface area contributed by atoms with Crippen LogP contribution in [-0.2, 0) is 6.54 Å². The van der Waals surface area contributed by atoms with Crippen LogP contribution in [0.5, 0.6) is 11.8 Å². The average Bonchev–Trinajstić information content (AvgIpc) is 3.57. The SMILES string of the molecule is CC(Oc1nc2c3c(c(Cl)c(-c4ccc(F)c5sc(N)c(C#N)c45)c(F)c3n1)OCCN2Cc1cccnc1N)C1C(C(F)F)CCN1C. The molecule has 5 aromatic rings. The second kappa shape index (κ2) is 12.7. The number of thiophene rings is 1. The molecule has 1 fully saturated rings. The van der Waals surface area contributed by atoms with Gasteiger partial charge in [0, 0.05) is 35.2 Å². The monoisotopic (exact) mass is 712 g/mol. The van der Waals surface area contributed by atoms with Crippen LogP contribution in [0.1, 0.15) is 24.5 Å². The molecule has 254 valence electrons. The van der Waals surface area contributed by atoms with Gasteiger partial charge in [0.05, 0.1) is 33.3 Å². The molecule has 5 heterocycles. The standard InChI is InChI=1S/C33H29ClF4N8O2S/c1-14(26-17(29(37)38)7-9-45(26)2)48-33-43-25-22-27(47-11-10-46(32(22)44-33)13-15-4-3-8-42-30(15)40)23(34)21(24(25)36)16-5-6-19(35)28-20(16)18(12-39)31(41)49-28/h3-6,8,14,17,26,29H,7,9-11,13,41H2,1-2H3,(H2,40,42). The van der Waals surface area contributed by atoms with E-state index in [1.807, 2.05) is 6.07 Å². The van der Waals surface area contributed by atoms with Gasteiger partial charge in [-0.2, -0.15) is 15.2 Å². The Morgan fingerprint density at radius 1 is 1.18 bits per heavy atom. The summed E-state index contributed by atoms with van der Waals surface area (Å²) < 4.78 is 72.5. The van der Waals surface area contributed by atoms with E-state index < -0.39 is 36.1 Å². The molecule has 4 N–H and O–H groups in total. The Balaban J connectivity index is 1.46. The minimum Gasteiger partial charge on any atom is -0.489 e. The number of nitrogens with zero attached hydrogens (tertiary/aromatic N) is 6. The largest absolute Gasteiger partial charge is 0.489 e. The third-order valence-electron chi connectivity index (χ3n) is 9.20. The van der Waals surface area contributed by atoms with Crippen molar-refractivity contribution in [2.24, 2.45) is 5.92 Å². The highest BCUT2D eigenvalue weighted by Crippen LogP contribution is 2.51. The number of nitrogens with two attached hydrogens (primary N) is 2. The first-order valence-electron chi connectivity index (χ1n) is 15.4. The van der Waals surface area contributed by atoms with E-state index in [9.17, 15) is 18.4 Å². The van der Waals surface area contributed by atoms with Crippen LogP contribution in [0.4, 0.5) is 34.2 Å². The van der Waals surface area contributed by atoms with Crippen molar-refractivity contribution in [3.8, 4) is 29.0 Å². The molecule has 3 unspecified atom stereocenters. The summed E-state index contributed by atoms with van der Waals surface area (Å²) >= 11 is 7.84. The number of alkyl halides is 2. The lowest BCUT2D eigenvalue weighted by Crippen LogP contribution is -2.44. The number of halogens is 5. The lowest BCUT2D eigenvalue weighted by molar-refractivity contribution is 0.0149. The van der Waals surface area contributed by atoms with Crippen molar-refractivity contribution in [2.75, 3.05) is 43.1 Å². The summed E-state index contributed by atoms with van der Waals surface area (Å²) in [5.74, 6) is -1.93. The number of ether oxygens (including phenoxy) is 2. The van der Waals surface area contributed by atoms with Crippen molar-refractivity contribution in [1.82, 2.24) is 19.9 Å². The molecule has 2 aliphatic heterocycles. The number of nitrogen functional groups attached to an aromatic ring is 2. The fourth-order valence-electron chi connectivity index (χ4n) is 6.92. The number of pyridine rings is 1. The zero-order valence-electron chi connectivity index (χ0n) is 26.2. The molecular formula is C33H29ClF4N8O2S. The van der Waals surface area contributed by atoms with Crippen molar-refractivity contribution in [1.29, 1.82) is 5.26 Å². The fourth-order valence-corrected chi connectivity index (χ4v) is 8.21. The molecule has 0 amide bonds. The van der Waals surface area contributed by atoms with Gasteiger partial charge in [0.2, 0.25) is 6.43 Å². The fraction of sp³-hybridized carbons (Fsp3) is 0.333. The van der Waals surface area contributed by atoms with Crippen LogP contribution in [0.15, 0.2) is 30.5 Å². The lowest BCUT2D eigenvalue weighted by atomic mass is 9.96. The van der Waals surface area contributed by atoms with Gasteiger partial charge in [0.15, 0.2) is 11.6 Å². The van der Waals surface area contributed by atoms with E-state index >= 15 is 4.39 Å². The van der Waals surface area contributed by atoms with Gasteiger partial charge in [-0.25, -0.2) is 22.5 Å². The van der Waals surface area contributed by atoms with E-state index in [0.717, 1.165) is 17.4 Å². The Morgan fingerprint density at radius 2 is 1.98 bits per heavy atom. The number of rotatable bonds is 7. The number of likely N-dealkylation sites (tertiary alicyclic amines) is 1. The Morgan fingerprint density at radius 3 is 2.71 bits per heavy atom. The molecule has 3 aromatic heterocycles. The van der Waals surface area contributed by atoms with Crippen LogP contribution >= 0.6 is 22.9 Å². The maximum atomic E-state index is 17.2. The predicted molar refractivity (Wildman–Crippen MR) is 180 cm³/mol. The molecule has 0 saturated carbocycles. The van der Waals surface area contributed by atoms with Crippen molar-refractivity contribution in [3.05, 3.63) is 58.2 Å². The van der Waals surface area contributed by atoms with E-state index in [0.29, 0.717) is 12.1 Å². The van der Waals surface area contributed by atoms with E-state index in [1.165, 1.54) is 6.07 Å². The van der Waals surface area contributed by atoms with Crippen molar-refractivity contribution >= 4 is 60.6 Å². The van der Waals surface area contributed by atoms with E-state index in [4.69, 9.17) is 37.5 Å². The number of hydrogen-bond donors (Lipinski definition) is 2. The molecule has 7 rings (SSSR count). The summed E-state index contributed by atoms with van der Waals surface area (Å²) in [4.78, 5) is 16.9. The van der Waals surface area contributed by atoms with E-state index in [1.54, 1.807) is 42.1 Å². The third kappa shape index (κ3) is 5.48. The summed E-state index contributed by atoms with van der Waals surface area (Å²) in [5.41, 5.74) is 12.6. The topological polar surface area (TPSA) is 139 Å². The molecule has 3 atom stereocenters. The molecule has 0 bridgehead atoms. The summed E-state index contributed by atoms with van der Waals surface area (Å²) in [6, 6.07) is 7.08. The van der Waals surface area contributed by atoms with Gasteiger partial charge in [-0.05, 0) is 44.6 Å². The zero-order chi connectivity index (χ0) is 34.7. The maximum Gasteiger partial charge on any atom is 0.319 e. The molecule has 2 aliphatic rings. The van der Waals surface area contributed by atoms with E-state index in [2.05, 4.69) is 9.97 Å². The summed E-state index contributed by atoms with van der Waals surface area (Å²) in [6.45, 7) is 2.63. The highest BCUT2D eigenvalue weighted by Gasteiger charge is 2.42. The van der Waals surface area contributed by atoms with Crippen molar-refractivity contribution in [2.45, 2.75) is 38.5 Å². The van der Waals surface area contributed by atoms with Gasteiger partial charge >= 0.3 is 6.01 Å². The number of fused-ring (bicyclic) bond motifs is 1. The smallest absolute Gasteiger partial charge is 0.319 e. The Bertz CT molecular complexity index is 2160. The minimum atomic E-state index is -2.57. The lowest BCUT2D eigenvalue weighted by Gasteiger charge is -2.30. The molecule has 16 heteroatoms. The number of nitriles is 1. The first-order valence-corrected chi connectivity index (χ1v) is 16.5. The second-order valence-corrected chi connectivity index (χ2v) is 13.5. The van der Waals surface area contributed by atoms with Crippen LogP contribution in [0.25, 0.3) is 32.1 Å². The van der Waals surface area contributed by atoms with Crippen LogP contribution in [-0.4, -0.2) is 65.2 Å². The molecule has 10 nitrogen and oxygen atoms in total. The van der Waals surface area contributed by atoms with Gasteiger partial charge in [0.1, 0.15) is 46.8 Å². The summed E-state index contributed by atoms with van der Waals surface area (Å²) in [6.07, 6.45) is -1.52. The van der Waals surface area contributed by atoms with Crippen molar-refractivity contribution in [3.63, 3.8) is 0 Å². The molecule has 2 aromatic carbocycles. The normalized spacial score (nSPS) is 18.6. The molecule has 49 heavy (non-hydrogen) atoms. The zero-order valence-corrected chi connectivity index (χ0v) is 27.8. The Hall–Kier alpha value is -4.65. The summed E-state index contributed by atoms with van der Waals surface area (Å²) in [5, 5.41) is 10.1. The molecular weight excluding hydrogens is 684 g/mol. The number of aromatic nitrogens is 3. The van der Waals surface area contributed by atoms with Crippen LogP contribution in [0.3, 0.4) is 0 Å². The maximum absolute atomic E-state index is 17.2. The van der Waals surface area contributed by atoms with Gasteiger partial charge in [0.25, 0.3) is 0 Å². The number of hydrogen-bond acceptors (Lipinski definition) is 11. The molecule has 1 saturated heterocycles. The minimum absolute atomic E-state index is 0.0208. The van der Waals surface area contributed by atoms with Gasteiger partial charge in [-0.15, -0.1) is 11.3 Å². The quantitative estimate of drug-likeness (QED) is 0.177. The molecule has 0 radical (unpaired) electrons. The van der Waals surface area contributed by atoms with Gasteiger partial charge < -0.3 is 25.8 Å². The third-order valence-corrected chi connectivity index (χ3v) is 10.6. The highest BCUT2D eigenvalue weighted by atomic mass is 35.5. The Labute approximate surface area is 286 Å². The summed E-state index contributed by atoms with van der Waals surface area (Å²) in [7, 11) is 1.75. The number of benzene rings is 2. The number of anilines is 3. The predicted octanol–water partition coefficient (Wildman–Crippen LogP) is 6.63. The van der Waals surface area contributed by atoms with Gasteiger partial charge in [-0.3, -0.25) is 4.90 Å². The molecule has 0 aliphatic carbocycles. The number of likely N-dealkylation sites (N-methyl/N-ethyl adjacent to an activating group) is 1. The highest BCUT2D eigenvalue weighted by molar-refractivity contribution is 7.23. The first-order chi connectivity index (χ1) is 23.5.